The lowest BCUT2D eigenvalue weighted by Gasteiger charge is -2.23. The van der Waals surface area contributed by atoms with Crippen molar-refractivity contribution in [2.45, 2.75) is 45.6 Å². The first-order valence-corrected chi connectivity index (χ1v) is 5.75. The SMILES string of the molecule is CCCCN(CCCC)CC(O)C(=O)O. The van der Waals surface area contributed by atoms with Gasteiger partial charge >= 0.3 is 5.97 Å². The Morgan fingerprint density at radius 3 is 2.00 bits per heavy atom. The summed E-state index contributed by atoms with van der Waals surface area (Å²) in [5, 5.41) is 17.9. The smallest absolute Gasteiger partial charge is 0.333 e. The molecule has 0 rings (SSSR count). The van der Waals surface area contributed by atoms with Gasteiger partial charge in [-0.05, 0) is 25.9 Å². The second-order valence-corrected chi connectivity index (χ2v) is 3.86. The summed E-state index contributed by atoms with van der Waals surface area (Å²) in [5.74, 6) is -1.13. The zero-order chi connectivity index (χ0) is 11.7. The molecule has 4 heteroatoms. The third kappa shape index (κ3) is 7.33. The molecule has 0 bridgehead atoms. The molecule has 0 radical (unpaired) electrons. The lowest BCUT2D eigenvalue weighted by atomic mass is 10.2. The van der Waals surface area contributed by atoms with Crippen LogP contribution in [0.25, 0.3) is 0 Å². The number of rotatable bonds is 9. The summed E-state index contributed by atoms with van der Waals surface area (Å²) in [4.78, 5) is 12.5. The summed E-state index contributed by atoms with van der Waals surface area (Å²) >= 11 is 0. The number of carboxylic acids is 1. The molecule has 1 atom stereocenters. The molecule has 4 nitrogen and oxygen atoms in total. The van der Waals surface area contributed by atoms with Gasteiger partial charge in [0.05, 0.1) is 0 Å². The highest BCUT2D eigenvalue weighted by Gasteiger charge is 2.16. The van der Waals surface area contributed by atoms with Crippen LogP contribution in [0.4, 0.5) is 0 Å². The summed E-state index contributed by atoms with van der Waals surface area (Å²) < 4.78 is 0. The second-order valence-electron chi connectivity index (χ2n) is 3.86. The number of hydrogen-bond acceptors (Lipinski definition) is 3. The molecule has 90 valence electrons. The predicted octanol–water partition coefficient (Wildman–Crippen LogP) is 1.33. The minimum absolute atomic E-state index is 0.245. The van der Waals surface area contributed by atoms with Crippen molar-refractivity contribution in [1.82, 2.24) is 4.90 Å². The first-order valence-electron chi connectivity index (χ1n) is 5.75. The maximum absolute atomic E-state index is 10.5. The molecule has 0 saturated carbocycles. The first kappa shape index (κ1) is 14.4. The van der Waals surface area contributed by atoms with Crippen molar-refractivity contribution >= 4 is 5.97 Å². The summed E-state index contributed by atoms with van der Waals surface area (Å²) in [6.45, 7) is 6.20. The van der Waals surface area contributed by atoms with Gasteiger partial charge in [-0.3, -0.25) is 0 Å². The maximum Gasteiger partial charge on any atom is 0.333 e. The van der Waals surface area contributed by atoms with Gasteiger partial charge in [-0.15, -0.1) is 0 Å². The van der Waals surface area contributed by atoms with Crippen molar-refractivity contribution in [2.24, 2.45) is 0 Å². The number of aliphatic hydroxyl groups is 1. The number of aliphatic hydroxyl groups excluding tert-OH is 1. The van der Waals surface area contributed by atoms with Crippen molar-refractivity contribution < 1.29 is 15.0 Å². The molecule has 15 heavy (non-hydrogen) atoms. The van der Waals surface area contributed by atoms with Crippen LogP contribution < -0.4 is 0 Å². The van der Waals surface area contributed by atoms with E-state index in [9.17, 15) is 9.90 Å². The quantitative estimate of drug-likeness (QED) is 0.611. The Kier molecular flexibility index (Phi) is 8.33. The Morgan fingerprint density at radius 2 is 1.67 bits per heavy atom. The monoisotopic (exact) mass is 217 g/mol. The Hall–Kier alpha value is -0.610. The van der Waals surface area contributed by atoms with Crippen molar-refractivity contribution in [3.63, 3.8) is 0 Å². The highest BCUT2D eigenvalue weighted by molar-refractivity contribution is 5.72. The fourth-order valence-electron chi connectivity index (χ4n) is 1.38. The number of carboxylic acid groups (broad SMARTS) is 1. The maximum atomic E-state index is 10.5. The summed E-state index contributed by atoms with van der Waals surface area (Å²) in [7, 11) is 0. The minimum Gasteiger partial charge on any atom is -0.479 e. The average Bonchev–Trinajstić information content (AvgIpc) is 2.21. The molecule has 0 aromatic rings. The van der Waals surface area contributed by atoms with E-state index in [4.69, 9.17) is 5.11 Å². The van der Waals surface area contributed by atoms with E-state index >= 15 is 0 Å². The molecule has 0 aromatic carbocycles. The molecule has 0 aliphatic carbocycles. The fraction of sp³-hybridized carbons (Fsp3) is 0.909. The summed E-state index contributed by atoms with van der Waals surface area (Å²) in [5.41, 5.74) is 0. The lowest BCUT2D eigenvalue weighted by Crippen LogP contribution is -2.38. The fourth-order valence-corrected chi connectivity index (χ4v) is 1.38. The van der Waals surface area contributed by atoms with E-state index in [2.05, 4.69) is 13.8 Å². The largest absolute Gasteiger partial charge is 0.479 e. The van der Waals surface area contributed by atoms with Gasteiger partial charge in [0, 0.05) is 6.54 Å². The molecule has 0 fully saturated rings. The first-order chi connectivity index (χ1) is 7.11. The highest BCUT2D eigenvalue weighted by Crippen LogP contribution is 2.01. The summed E-state index contributed by atoms with van der Waals surface area (Å²) in [6.07, 6.45) is 3.03. The van der Waals surface area contributed by atoms with Gasteiger partial charge in [0.2, 0.25) is 0 Å². The van der Waals surface area contributed by atoms with E-state index in [1.54, 1.807) is 0 Å². The Bertz CT molecular complexity index is 165. The summed E-state index contributed by atoms with van der Waals surface area (Å²) in [6, 6.07) is 0. The van der Waals surface area contributed by atoms with Crippen LogP contribution >= 0.6 is 0 Å². The van der Waals surface area contributed by atoms with Crippen LogP contribution in [0.15, 0.2) is 0 Å². The van der Waals surface area contributed by atoms with Gasteiger partial charge in [-0.2, -0.15) is 0 Å². The molecule has 0 saturated heterocycles. The number of nitrogens with zero attached hydrogens (tertiary/aromatic N) is 1. The number of carbonyl (C=O) groups is 1. The van der Waals surface area contributed by atoms with Crippen LogP contribution in [-0.2, 0) is 4.79 Å². The van der Waals surface area contributed by atoms with E-state index in [1.165, 1.54) is 0 Å². The van der Waals surface area contributed by atoms with Crippen LogP contribution in [0.3, 0.4) is 0 Å². The molecular weight excluding hydrogens is 194 g/mol. The standard InChI is InChI=1S/C11H23NO3/c1-3-5-7-12(8-6-4-2)9-10(13)11(14)15/h10,13H,3-9H2,1-2H3,(H,14,15). The van der Waals surface area contributed by atoms with Crippen LogP contribution in [-0.4, -0.2) is 46.8 Å². The molecule has 0 aromatic heterocycles. The molecule has 1 unspecified atom stereocenters. The second kappa shape index (κ2) is 8.68. The topological polar surface area (TPSA) is 60.8 Å². The Labute approximate surface area is 91.9 Å². The molecule has 2 N–H and O–H groups in total. The predicted molar refractivity (Wildman–Crippen MR) is 59.9 cm³/mol. The molecule has 0 amide bonds. The van der Waals surface area contributed by atoms with Crippen LogP contribution in [0.2, 0.25) is 0 Å². The zero-order valence-corrected chi connectivity index (χ0v) is 9.78. The average molecular weight is 217 g/mol. The molecule has 0 aliphatic heterocycles. The van der Waals surface area contributed by atoms with Crippen molar-refractivity contribution in [2.75, 3.05) is 19.6 Å². The van der Waals surface area contributed by atoms with Gasteiger partial charge in [0.15, 0.2) is 6.10 Å². The number of aliphatic carboxylic acids is 1. The number of hydrogen-bond donors (Lipinski definition) is 2. The molecule has 0 heterocycles. The third-order valence-corrected chi connectivity index (χ3v) is 2.37. The van der Waals surface area contributed by atoms with Crippen molar-refractivity contribution in [3.8, 4) is 0 Å². The van der Waals surface area contributed by atoms with E-state index in [-0.39, 0.29) is 6.54 Å². The van der Waals surface area contributed by atoms with E-state index in [0.29, 0.717) is 0 Å². The highest BCUT2D eigenvalue weighted by atomic mass is 16.4. The van der Waals surface area contributed by atoms with E-state index in [1.807, 2.05) is 4.90 Å². The van der Waals surface area contributed by atoms with Crippen molar-refractivity contribution in [3.05, 3.63) is 0 Å². The normalized spacial score (nSPS) is 13.1. The number of unbranched alkanes of at least 4 members (excludes halogenated alkanes) is 2. The lowest BCUT2D eigenvalue weighted by molar-refractivity contribution is -0.147. The molecular formula is C11H23NO3. The van der Waals surface area contributed by atoms with Gasteiger partial charge in [-0.25, -0.2) is 4.79 Å². The van der Waals surface area contributed by atoms with Crippen LogP contribution in [0.1, 0.15) is 39.5 Å². The minimum atomic E-state index is -1.25. The van der Waals surface area contributed by atoms with E-state index in [0.717, 1.165) is 38.8 Å². The van der Waals surface area contributed by atoms with Gasteiger partial charge < -0.3 is 15.1 Å². The van der Waals surface area contributed by atoms with E-state index < -0.39 is 12.1 Å². The van der Waals surface area contributed by atoms with Gasteiger partial charge in [0.25, 0.3) is 0 Å². The molecule has 0 spiro atoms. The Balaban J connectivity index is 3.92. The zero-order valence-electron chi connectivity index (χ0n) is 9.78. The van der Waals surface area contributed by atoms with Crippen LogP contribution in [0, 0.1) is 0 Å². The van der Waals surface area contributed by atoms with Crippen molar-refractivity contribution in [1.29, 1.82) is 0 Å². The Morgan fingerprint density at radius 1 is 1.20 bits per heavy atom. The molecule has 0 aliphatic rings. The van der Waals surface area contributed by atoms with Crippen LogP contribution in [0.5, 0.6) is 0 Å². The van der Waals surface area contributed by atoms with Gasteiger partial charge in [0.1, 0.15) is 0 Å². The third-order valence-electron chi connectivity index (χ3n) is 2.37. The van der Waals surface area contributed by atoms with Gasteiger partial charge in [-0.1, -0.05) is 26.7 Å².